The van der Waals surface area contributed by atoms with Crippen molar-refractivity contribution in [3.8, 4) is 5.75 Å². The molecule has 2 rings (SSSR count). The molecule has 0 spiro atoms. The molecule has 0 saturated carbocycles. The van der Waals surface area contributed by atoms with Gasteiger partial charge in [0.15, 0.2) is 0 Å². The molecule has 0 aromatic carbocycles. The molecule has 0 atom stereocenters. The van der Waals surface area contributed by atoms with Crippen LogP contribution in [0.1, 0.15) is 10.6 Å². The Hall–Kier alpha value is -0.910. The zero-order valence-electron chi connectivity index (χ0n) is 8.40. The molecule has 0 bridgehead atoms. The zero-order chi connectivity index (χ0) is 10.5. The van der Waals surface area contributed by atoms with E-state index in [-0.39, 0.29) is 0 Å². The maximum Gasteiger partial charge on any atom is 0.134 e. The van der Waals surface area contributed by atoms with Crippen LogP contribution < -0.4 is 10.1 Å². The van der Waals surface area contributed by atoms with Crippen molar-refractivity contribution in [2.24, 2.45) is 0 Å². The van der Waals surface area contributed by atoms with E-state index in [0.717, 1.165) is 24.5 Å². The molecule has 2 aromatic rings. The first-order chi connectivity index (χ1) is 7.40. The van der Waals surface area contributed by atoms with E-state index in [2.05, 4.69) is 15.7 Å². The Morgan fingerprint density at radius 3 is 3.13 bits per heavy atom. The van der Waals surface area contributed by atoms with Gasteiger partial charge < -0.3 is 10.1 Å². The van der Waals surface area contributed by atoms with Crippen LogP contribution in [-0.2, 0) is 13.1 Å². The molecule has 0 amide bonds. The van der Waals surface area contributed by atoms with E-state index >= 15 is 0 Å². The molecule has 80 valence electrons. The van der Waals surface area contributed by atoms with E-state index < -0.39 is 0 Å². The number of hydrogen-bond acceptors (Lipinski definition) is 5. The second-order valence-electron chi connectivity index (χ2n) is 3.00. The second kappa shape index (κ2) is 5.25. The number of thiophene rings is 1. The molecule has 0 saturated heterocycles. The van der Waals surface area contributed by atoms with Gasteiger partial charge in [-0.3, -0.25) is 0 Å². The van der Waals surface area contributed by atoms with E-state index in [4.69, 9.17) is 4.74 Å². The molecule has 0 fully saturated rings. The summed E-state index contributed by atoms with van der Waals surface area (Å²) in [6.45, 7) is 1.64. The third-order valence-corrected chi connectivity index (χ3v) is 3.54. The number of rotatable bonds is 5. The Morgan fingerprint density at radius 1 is 1.47 bits per heavy atom. The molecule has 0 aliphatic rings. The van der Waals surface area contributed by atoms with Crippen molar-refractivity contribution >= 4 is 22.7 Å². The van der Waals surface area contributed by atoms with Crippen molar-refractivity contribution in [2.75, 3.05) is 7.11 Å². The summed E-state index contributed by atoms with van der Waals surface area (Å²) >= 11 is 3.33. The third kappa shape index (κ3) is 2.77. The van der Waals surface area contributed by atoms with Crippen LogP contribution in [0.4, 0.5) is 0 Å². The summed E-state index contributed by atoms with van der Waals surface area (Å²) in [4.78, 5) is 5.44. The van der Waals surface area contributed by atoms with Gasteiger partial charge >= 0.3 is 0 Å². The first-order valence-electron chi connectivity index (χ1n) is 4.58. The van der Waals surface area contributed by atoms with Crippen molar-refractivity contribution in [3.05, 3.63) is 32.9 Å². The number of aromatic nitrogens is 1. The molecule has 5 heteroatoms. The summed E-state index contributed by atoms with van der Waals surface area (Å²) in [5, 5.41) is 7.43. The topological polar surface area (TPSA) is 34.1 Å². The van der Waals surface area contributed by atoms with Crippen molar-refractivity contribution in [1.29, 1.82) is 0 Å². The Balaban J connectivity index is 1.83. The van der Waals surface area contributed by atoms with Gasteiger partial charge in [0.05, 0.1) is 23.2 Å². The summed E-state index contributed by atoms with van der Waals surface area (Å²) in [5.74, 6) is 0.964. The van der Waals surface area contributed by atoms with Crippen LogP contribution in [0.2, 0.25) is 0 Å². The largest absolute Gasteiger partial charge is 0.496 e. The highest BCUT2D eigenvalue weighted by molar-refractivity contribution is 7.10. The first kappa shape index (κ1) is 10.6. The lowest BCUT2D eigenvalue weighted by Gasteiger charge is -2.03. The van der Waals surface area contributed by atoms with Crippen LogP contribution in [0.25, 0.3) is 0 Å². The summed E-state index contributed by atoms with van der Waals surface area (Å²) in [6, 6.07) is 1.99. The molecule has 0 unspecified atom stereocenters. The number of thiazole rings is 1. The fraction of sp³-hybridized carbons (Fsp3) is 0.300. The van der Waals surface area contributed by atoms with Gasteiger partial charge in [-0.1, -0.05) is 0 Å². The van der Waals surface area contributed by atoms with Gasteiger partial charge in [0.2, 0.25) is 0 Å². The van der Waals surface area contributed by atoms with Crippen LogP contribution >= 0.6 is 22.7 Å². The van der Waals surface area contributed by atoms with Crippen molar-refractivity contribution in [2.45, 2.75) is 13.1 Å². The van der Waals surface area contributed by atoms with Crippen LogP contribution in [0, 0.1) is 0 Å². The van der Waals surface area contributed by atoms with Crippen LogP contribution in [0.15, 0.2) is 22.3 Å². The van der Waals surface area contributed by atoms with Crippen LogP contribution in [-0.4, -0.2) is 12.1 Å². The van der Waals surface area contributed by atoms with Gasteiger partial charge in [-0.25, -0.2) is 4.98 Å². The average Bonchev–Trinajstić information content (AvgIpc) is 2.88. The molecule has 2 aromatic heterocycles. The second-order valence-corrected chi connectivity index (χ2v) is 4.71. The number of hydrogen-bond donors (Lipinski definition) is 1. The van der Waals surface area contributed by atoms with Crippen LogP contribution in [0.5, 0.6) is 5.75 Å². The minimum absolute atomic E-state index is 0.810. The highest BCUT2D eigenvalue weighted by Crippen LogP contribution is 2.23. The lowest BCUT2D eigenvalue weighted by Crippen LogP contribution is -2.12. The Bertz CT molecular complexity index is 397. The van der Waals surface area contributed by atoms with Crippen molar-refractivity contribution < 1.29 is 4.74 Å². The van der Waals surface area contributed by atoms with Crippen molar-refractivity contribution in [1.82, 2.24) is 10.3 Å². The molecule has 15 heavy (non-hydrogen) atoms. The normalized spacial score (nSPS) is 10.5. The standard InChI is InChI=1S/C10H12N2OS2/c1-13-9-2-3-15-10(9)5-11-4-8-6-14-7-12-8/h2-3,6-7,11H,4-5H2,1H3. The molecule has 0 aliphatic heterocycles. The number of nitrogens with one attached hydrogen (secondary N) is 1. The molecule has 3 nitrogen and oxygen atoms in total. The smallest absolute Gasteiger partial charge is 0.134 e. The number of nitrogens with zero attached hydrogens (tertiary/aromatic N) is 1. The van der Waals surface area contributed by atoms with Gasteiger partial charge in [0.25, 0.3) is 0 Å². The minimum atomic E-state index is 0.810. The van der Waals surface area contributed by atoms with Crippen molar-refractivity contribution in [3.63, 3.8) is 0 Å². The highest BCUT2D eigenvalue weighted by atomic mass is 32.1. The van der Waals surface area contributed by atoms with E-state index in [9.17, 15) is 0 Å². The Morgan fingerprint density at radius 2 is 2.40 bits per heavy atom. The molecule has 1 N–H and O–H groups in total. The summed E-state index contributed by atoms with van der Waals surface area (Å²) < 4.78 is 5.23. The number of ether oxygens (including phenoxy) is 1. The van der Waals surface area contributed by atoms with E-state index in [1.165, 1.54) is 4.88 Å². The average molecular weight is 240 g/mol. The Kier molecular flexibility index (Phi) is 3.71. The lowest BCUT2D eigenvalue weighted by atomic mass is 10.4. The lowest BCUT2D eigenvalue weighted by molar-refractivity contribution is 0.410. The van der Waals surface area contributed by atoms with E-state index in [0.29, 0.717) is 0 Å². The van der Waals surface area contributed by atoms with Crippen LogP contribution in [0.3, 0.4) is 0 Å². The summed E-state index contributed by atoms with van der Waals surface area (Å²) in [7, 11) is 1.70. The van der Waals surface area contributed by atoms with E-state index in [1.807, 2.05) is 17.0 Å². The van der Waals surface area contributed by atoms with Gasteiger partial charge in [-0.15, -0.1) is 22.7 Å². The maximum absolute atomic E-state index is 5.23. The molecule has 2 heterocycles. The first-order valence-corrected chi connectivity index (χ1v) is 6.40. The predicted molar refractivity (Wildman–Crippen MR) is 63.5 cm³/mol. The monoisotopic (exact) mass is 240 g/mol. The van der Waals surface area contributed by atoms with Gasteiger partial charge in [-0.2, -0.15) is 0 Å². The molecular formula is C10H12N2OS2. The number of methoxy groups -OCH3 is 1. The molecule has 0 aliphatic carbocycles. The summed E-state index contributed by atoms with van der Waals surface area (Å²) in [5.41, 5.74) is 2.94. The molecule has 0 radical (unpaired) electrons. The third-order valence-electron chi connectivity index (χ3n) is 2.00. The molecular weight excluding hydrogens is 228 g/mol. The maximum atomic E-state index is 5.23. The van der Waals surface area contributed by atoms with Gasteiger partial charge in [0, 0.05) is 18.5 Å². The van der Waals surface area contributed by atoms with Gasteiger partial charge in [-0.05, 0) is 11.4 Å². The summed E-state index contributed by atoms with van der Waals surface area (Å²) in [6.07, 6.45) is 0. The fourth-order valence-electron chi connectivity index (χ4n) is 1.27. The quantitative estimate of drug-likeness (QED) is 0.872. The highest BCUT2D eigenvalue weighted by Gasteiger charge is 2.03. The van der Waals surface area contributed by atoms with E-state index in [1.54, 1.807) is 29.8 Å². The predicted octanol–water partition coefficient (Wildman–Crippen LogP) is 2.50. The van der Waals surface area contributed by atoms with Gasteiger partial charge in [0.1, 0.15) is 5.75 Å². The SMILES string of the molecule is COc1ccsc1CNCc1cscn1. The zero-order valence-corrected chi connectivity index (χ0v) is 10.0. The minimum Gasteiger partial charge on any atom is -0.496 e. The Labute approximate surface area is 96.7 Å². The fourth-order valence-corrected chi connectivity index (χ4v) is 2.64.